The van der Waals surface area contributed by atoms with Crippen LogP contribution in [0.15, 0.2) is 5.38 Å². The molecule has 0 amide bonds. The number of thiazole rings is 1. The smallest absolute Gasteiger partial charge is 0.0940 e. The van der Waals surface area contributed by atoms with Crippen molar-refractivity contribution in [3.05, 3.63) is 16.1 Å². The lowest BCUT2D eigenvalue weighted by atomic mass is 10.3. The zero-order chi connectivity index (χ0) is 7.68. The van der Waals surface area contributed by atoms with Gasteiger partial charge in [-0.05, 0) is 19.4 Å². The van der Waals surface area contributed by atoms with Gasteiger partial charge in [0.15, 0.2) is 0 Å². The third-order valence-electron chi connectivity index (χ3n) is 1.92. The Bertz CT molecular complexity index is 240. The molecule has 1 fully saturated rings. The molecule has 2 N–H and O–H groups in total. The number of nitrogens with two attached hydrogens (primary N) is 1. The third-order valence-corrected chi connectivity index (χ3v) is 2.85. The maximum Gasteiger partial charge on any atom is 0.0940 e. The minimum Gasteiger partial charge on any atom is -0.330 e. The van der Waals surface area contributed by atoms with Gasteiger partial charge in [0.05, 0.1) is 10.7 Å². The standard InChI is InChI=1S/C8H12N2S/c9-4-3-8-10-7(5-11-8)6-1-2-6/h5-6H,1-4,9H2. The average molecular weight is 168 g/mol. The van der Waals surface area contributed by atoms with Crippen LogP contribution in [0.5, 0.6) is 0 Å². The van der Waals surface area contributed by atoms with E-state index in [2.05, 4.69) is 10.4 Å². The highest BCUT2D eigenvalue weighted by Gasteiger charge is 2.25. The number of nitrogens with zero attached hydrogens (tertiary/aromatic N) is 1. The van der Waals surface area contributed by atoms with Crippen molar-refractivity contribution in [2.75, 3.05) is 6.54 Å². The summed E-state index contributed by atoms with van der Waals surface area (Å²) < 4.78 is 0. The second-order valence-electron chi connectivity index (χ2n) is 2.98. The molecule has 1 heterocycles. The topological polar surface area (TPSA) is 38.9 Å². The van der Waals surface area contributed by atoms with Crippen molar-refractivity contribution >= 4 is 11.3 Å². The fourth-order valence-corrected chi connectivity index (χ4v) is 2.03. The van der Waals surface area contributed by atoms with Gasteiger partial charge in [-0.2, -0.15) is 0 Å². The van der Waals surface area contributed by atoms with Crippen LogP contribution in [0.4, 0.5) is 0 Å². The van der Waals surface area contributed by atoms with Crippen molar-refractivity contribution in [1.82, 2.24) is 4.98 Å². The zero-order valence-corrected chi connectivity index (χ0v) is 7.23. The van der Waals surface area contributed by atoms with Crippen LogP contribution in [-0.2, 0) is 6.42 Å². The molecule has 1 aromatic rings. The highest BCUT2D eigenvalue weighted by molar-refractivity contribution is 7.09. The first-order chi connectivity index (χ1) is 5.40. The predicted molar refractivity (Wildman–Crippen MR) is 46.8 cm³/mol. The molecule has 1 saturated carbocycles. The summed E-state index contributed by atoms with van der Waals surface area (Å²) >= 11 is 1.75. The summed E-state index contributed by atoms with van der Waals surface area (Å²) in [7, 11) is 0. The number of hydrogen-bond donors (Lipinski definition) is 1. The molecule has 2 rings (SSSR count). The van der Waals surface area contributed by atoms with E-state index in [1.54, 1.807) is 11.3 Å². The Labute approximate surface area is 70.5 Å². The molecule has 1 aliphatic carbocycles. The van der Waals surface area contributed by atoms with Crippen molar-refractivity contribution in [2.45, 2.75) is 25.2 Å². The van der Waals surface area contributed by atoms with E-state index in [-0.39, 0.29) is 0 Å². The lowest BCUT2D eigenvalue weighted by Crippen LogP contribution is -2.02. The summed E-state index contributed by atoms with van der Waals surface area (Å²) in [5.41, 5.74) is 6.73. The van der Waals surface area contributed by atoms with Crippen molar-refractivity contribution in [3.63, 3.8) is 0 Å². The quantitative estimate of drug-likeness (QED) is 0.743. The molecule has 0 unspecified atom stereocenters. The first-order valence-corrected chi connectivity index (χ1v) is 4.92. The van der Waals surface area contributed by atoms with E-state index in [1.165, 1.54) is 23.5 Å². The van der Waals surface area contributed by atoms with Gasteiger partial charge in [0.1, 0.15) is 0 Å². The third kappa shape index (κ3) is 1.60. The largest absolute Gasteiger partial charge is 0.330 e. The summed E-state index contributed by atoms with van der Waals surface area (Å²) in [4.78, 5) is 4.50. The Kier molecular flexibility index (Phi) is 1.92. The number of hydrogen-bond acceptors (Lipinski definition) is 3. The molecular formula is C8H12N2S. The Morgan fingerprint density at radius 3 is 3.09 bits per heavy atom. The van der Waals surface area contributed by atoms with E-state index in [4.69, 9.17) is 5.73 Å². The van der Waals surface area contributed by atoms with E-state index in [9.17, 15) is 0 Å². The van der Waals surface area contributed by atoms with E-state index in [1.807, 2.05) is 0 Å². The summed E-state index contributed by atoms with van der Waals surface area (Å²) in [5.74, 6) is 0.790. The van der Waals surface area contributed by atoms with Crippen LogP contribution in [0.25, 0.3) is 0 Å². The van der Waals surface area contributed by atoms with E-state index in [0.717, 1.165) is 18.9 Å². The Morgan fingerprint density at radius 2 is 2.45 bits per heavy atom. The van der Waals surface area contributed by atoms with Crippen molar-refractivity contribution in [2.24, 2.45) is 5.73 Å². The molecule has 11 heavy (non-hydrogen) atoms. The van der Waals surface area contributed by atoms with Gasteiger partial charge < -0.3 is 5.73 Å². The Morgan fingerprint density at radius 1 is 1.64 bits per heavy atom. The Balaban J connectivity index is 2.06. The van der Waals surface area contributed by atoms with E-state index < -0.39 is 0 Å². The maximum atomic E-state index is 5.43. The van der Waals surface area contributed by atoms with Crippen LogP contribution in [0.1, 0.15) is 29.5 Å². The molecule has 3 heteroatoms. The SMILES string of the molecule is NCCc1nc(C2CC2)cs1. The average Bonchev–Trinajstić information content (AvgIpc) is 2.75. The molecule has 60 valence electrons. The molecule has 0 bridgehead atoms. The van der Waals surface area contributed by atoms with Crippen LogP contribution in [0.3, 0.4) is 0 Å². The normalized spacial score (nSPS) is 17.2. The first-order valence-electron chi connectivity index (χ1n) is 4.04. The van der Waals surface area contributed by atoms with Gasteiger partial charge >= 0.3 is 0 Å². The van der Waals surface area contributed by atoms with Crippen LogP contribution in [-0.4, -0.2) is 11.5 Å². The monoisotopic (exact) mass is 168 g/mol. The predicted octanol–water partition coefficient (Wildman–Crippen LogP) is 1.52. The van der Waals surface area contributed by atoms with Crippen LogP contribution < -0.4 is 5.73 Å². The summed E-state index contributed by atoms with van der Waals surface area (Å²) in [6.45, 7) is 0.720. The van der Waals surface area contributed by atoms with E-state index >= 15 is 0 Å². The summed E-state index contributed by atoms with van der Waals surface area (Å²) in [6.07, 6.45) is 3.62. The highest BCUT2D eigenvalue weighted by atomic mass is 32.1. The lowest BCUT2D eigenvalue weighted by molar-refractivity contribution is 0.927. The summed E-state index contributed by atoms with van der Waals surface area (Å²) in [5, 5.41) is 3.39. The lowest BCUT2D eigenvalue weighted by Gasteiger charge is -1.88. The molecule has 0 aromatic carbocycles. The number of aromatic nitrogens is 1. The molecule has 0 atom stereocenters. The fraction of sp³-hybridized carbons (Fsp3) is 0.625. The molecule has 1 aliphatic rings. The van der Waals surface area contributed by atoms with Crippen LogP contribution in [0.2, 0.25) is 0 Å². The van der Waals surface area contributed by atoms with Crippen molar-refractivity contribution < 1.29 is 0 Å². The maximum absolute atomic E-state index is 5.43. The van der Waals surface area contributed by atoms with Gasteiger partial charge in [0.2, 0.25) is 0 Å². The molecule has 0 saturated heterocycles. The second kappa shape index (κ2) is 2.91. The Hall–Kier alpha value is -0.410. The van der Waals surface area contributed by atoms with Crippen LogP contribution in [0, 0.1) is 0 Å². The molecule has 2 nitrogen and oxygen atoms in total. The minimum absolute atomic E-state index is 0.720. The van der Waals surface area contributed by atoms with Gasteiger partial charge in [-0.15, -0.1) is 11.3 Å². The van der Waals surface area contributed by atoms with Gasteiger partial charge in [-0.25, -0.2) is 4.98 Å². The molecular weight excluding hydrogens is 156 g/mol. The molecule has 0 aliphatic heterocycles. The molecule has 0 radical (unpaired) electrons. The van der Waals surface area contributed by atoms with Gasteiger partial charge in [0.25, 0.3) is 0 Å². The first kappa shape index (κ1) is 7.25. The van der Waals surface area contributed by atoms with E-state index in [0.29, 0.717) is 0 Å². The fourth-order valence-electron chi connectivity index (χ4n) is 1.13. The van der Waals surface area contributed by atoms with Gasteiger partial charge in [0, 0.05) is 17.7 Å². The second-order valence-corrected chi connectivity index (χ2v) is 3.92. The van der Waals surface area contributed by atoms with Crippen molar-refractivity contribution in [1.29, 1.82) is 0 Å². The van der Waals surface area contributed by atoms with Crippen molar-refractivity contribution in [3.8, 4) is 0 Å². The highest BCUT2D eigenvalue weighted by Crippen LogP contribution is 2.40. The van der Waals surface area contributed by atoms with Gasteiger partial charge in [-0.1, -0.05) is 0 Å². The number of rotatable bonds is 3. The molecule has 1 aromatic heterocycles. The molecule has 0 spiro atoms. The van der Waals surface area contributed by atoms with Gasteiger partial charge in [-0.3, -0.25) is 0 Å². The van der Waals surface area contributed by atoms with Crippen LogP contribution >= 0.6 is 11.3 Å². The summed E-state index contributed by atoms with van der Waals surface area (Å²) in [6, 6.07) is 0. The minimum atomic E-state index is 0.720. The zero-order valence-electron chi connectivity index (χ0n) is 6.42.